The smallest absolute Gasteiger partial charge is 0.253 e. The Bertz CT molecular complexity index is 711. The summed E-state index contributed by atoms with van der Waals surface area (Å²) >= 11 is 5.82. The Hall–Kier alpha value is -2.59. The van der Waals surface area contributed by atoms with Gasteiger partial charge in [-0.25, -0.2) is 0 Å². The summed E-state index contributed by atoms with van der Waals surface area (Å²) in [6.07, 6.45) is 1.80. The third-order valence-corrected chi connectivity index (χ3v) is 3.38. The van der Waals surface area contributed by atoms with Crippen LogP contribution in [-0.2, 0) is 11.2 Å². The predicted molar refractivity (Wildman–Crippen MR) is 92.8 cm³/mol. The van der Waals surface area contributed by atoms with E-state index in [1.807, 2.05) is 0 Å². The van der Waals surface area contributed by atoms with Crippen molar-refractivity contribution in [1.82, 2.24) is 5.32 Å². The molecule has 0 unspecified atom stereocenters. The van der Waals surface area contributed by atoms with E-state index in [1.165, 1.54) is 0 Å². The highest BCUT2D eigenvalue weighted by molar-refractivity contribution is 6.30. The summed E-state index contributed by atoms with van der Waals surface area (Å²) < 4.78 is 0. The Balaban J connectivity index is 2.07. The maximum absolute atomic E-state index is 12.2. The van der Waals surface area contributed by atoms with Gasteiger partial charge in [-0.15, -0.1) is 6.58 Å². The number of hydrogen-bond donors (Lipinski definition) is 2. The number of amides is 2. The van der Waals surface area contributed by atoms with Crippen LogP contribution in [-0.4, -0.2) is 18.4 Å². The summed E-state index contributed by atoms with van der Waals surface area (Å²) in [5, 5.41) is 6.09. The van der Waals surface area contributed by atoms with Crippen LogP contribution in [0.3, 0.4) is 0 Å². The van der Waals surface area contributed by atoms with Crippen LogP contribution in [0, 0.1) is 0 Å². The second kappa shape index (κ2) is 8.15. The van der Waals surface area contributed by atoms with Gasteiger partial charge in [0.2, 0.25) is 5.91 Å². The zero-order chi connectivity index (χ0) is 16.7. The third-order valence-electron chi connectivity index (χ3n) is 3.13. The van der Waals surface area contributed by atoms with Crippen LogP contribution in [0.5, 0.6) is 0 Å². The average molecular weight is 329 g/mol. The zero-order valence-corrected chi connectivity index (χ0v) is 13.3. The lowest BCUT2D eigenvalue weighted by atomic mass is 10.1. The van der Waals surface area contributed by atoms with Crippen LogP contribution in [0.4, 0.5) is 5.69 Å². The molecule has 0 saturated heterocycles. The molecule has 2 rings (SSSR count). The summed E-state index contributed by atoms with van der Waals surface area (Å²) in [6, 6.07) is 13.9. The second-order valence-electron chi connectivity index (χ2n) is 4.90. The van der Waals surface area contributed by atoms with E-state index in [4.69, 9.17) is 11.6 Å². The van der Waals surface area contributed by atoms with Gasteiger partial charge < -0.3 is 10.6 Å². The molecule has 0 spiro atoms. The number of rotatable bonds is 6. The molecule has 0 aliphatic carbocycles. The summed E-state index contributed by atoms with van der Waals surface area (Å²) in [7, 11) is 0. The first-order valence-electron chi connectivity index (χ1n) is 7.12. The van der Waals surface area contributed by atoms with E-state index in [1.54, 1.807) is 54.6 Å². The number of benzene rings is 2. The Morgan fingerprint density at radius 1 is 1.09 bits per heavy atom. The fourth-order valence-electron chi connectivity index (χ4n) is 2.03. The van der Waals surface area contributed by atoms with Crippen molar-refractivity contribution in [3.8, 4) is 0 Å². The van der Waals surface area contributed by atoms with Crippen LogP contribution >= 0.6 is 11.6 Å². The molecule has 0 heterocycles. The highest BCUT2D eigenvalue weighted by Crippen LogP contribution is 2.16. The summed E-state index contributed by atoms with van der Waals surface area (Å²) in [4.78, 5) is 24.2. The molecule has 4 nitrogen and oxygen atoms in total. The predicted octanol–water partition coefficient (Wildman–Crippen LogP) is 3.44. The maximum atomic E-state index is 12.2. The molecule has 0 aliphatic rings. The van der Waals surface area contributed by atoms with Crippen LogP contribution < -0.4 is 10.6 Å². The molecule has 0 bridgehead atoms. The van der Waals surface area contributed by atoms with Crippen molar-refractivity contribution in [3.63, 3.8) is 0 Å². The van der Waals surface area contributed by atoms with Gasteiger partial charge in [0.15, 0.2) is 0 Å². The number of anilines is 1. The van der Waals surface area contributed by atoms with E-state index in [9.17, 15) is 9.59 Å². The van der Waals surface area contributed by atoms with E-state index < -0.39 is 0 Å². The van der Waals surface area contributed by atoms with Crippen LogP contribution in [0.25, 0.3) is 0 Å². The van der Waals surface area contributed by atoms with Gasteiger partial charge in [0.25, 0.3) is 5.91 Å². The lowest BCUT2D eigenvalue weighted by Gasteiger charge is -2.11. The van der Waals surface area contributed by atoms with Crippen LogP contribution in [0.1, 0.15) is 15.9 Å². The van der Waals surface area contributed by atoms with Crippen molar-refractivity contribution in [2.75, 3.05) is 11.9 Å². The van der Waals surface area contributed by atoms with Gasteiger partial charge in [0.1, 0.15) is 0 Å². The second-order valence-corrected chi connectivity index (χ2v) is 5.33. The Morgan fingerprint density at radius 2 is 1.78 bits per heavy atom. The van der Waals surface area contributed by atoms with Gasteiger partial charge in [-0.3, -0.25) is 9.59 Å². The van der Waals surface area contributed by atoms with E-state index >= 15 is 0 Å². The van der Waals surface area contributed by atoms with Gasteiger partial charge in [-0.1, -0.05) is 41.9 Å². The molecule has 0 aromatic heterocycles. The highest BCUT2D eigenvalue weighted by atomic mass is 35.5. The van der Waals surface area contributed by atoms with Crippen molar-refractivity contribution in [2.45, 2.75) is 6.42 Å². The van der Waals surface area contributed by atoms with Crippen LogP contribution in [0.2, 0.25) is 5.02 Å². The lowest BCUT2D eigenvalue weighted by molar-refractivity contribution is -0.115. The number of nitrogens with one attached hydrogen (secondary N) is 2. The molecule has 5 heteroatoms. The van der Waals surface area contributed by atoms with Crippen molar-refractivity contribution in [1.29, 1.82) is 0 Å². The molecular weight excluding hydrogens is 312 g/mol. The van der Waals surface area contributed by atoms with Gasteiger partial charge in [-0.2, -0.15) is 0 Å². The van der Waals surface area contributed by atoms with Crippen molar-refractivity contribution >= 4 is 29.1 Å². The minimum absolute atomic E-state index is 0.198. The fourth-order valence-corrected chi connectivity index (χ4v) is 2.16. The van der Waals surface area contributed by atoms with Crippen molar-refractivity contribution in [3.05, 3.63) is 77.3 Å². The number of carbonyl (C=O) groups is 2. The molecule has 0 radical (unpaired) electrons. The van der Waals surface area contributed by atoms with Crippen molar-refractivity contribution in [2.24, 2.45) is 0 Å². The SMILES string of the molecule is C=CCNC(=O)c1ccccc1NC(=O)Cc1ccc(Cl)cc1. The van der Waals surface area contributed by atoms with E-state index in [-0.39, 0.29) is 18.2 Å². The molecule has 2 N–H and O–H groups in total. The molecule has 118 valence electrons. The molecule has 0 saturated carbocycles. The molecule has 0 fully saturated rings. The van der Waals surface area contributed by atoms with E-state index in [0.29, 0.717) is 22.8 Å². The van der Waals surface area contributed by atoms with Gasteiger partial charge >= 0.3 is 0 Å². The minimum atomic E-state index is -0.257. The maximum Gasteiger partial charge on any atom is 0.253 e. The fraction of sp³-hybridized carbons (Fsp3) is 0.111. The van der Waals surface area contributed by atoms with E-state index in [2.05, 4.69) is 17.2 Å². The van der Waals surface area contributed by atoms with Crippen LogP contribution in [0.15, 0.2) is 61.2 Å². The molecule has 2 aromatic rings. The third kappa shape index (κ3) is 4.97. The number of para-hydroxylation sites is 1. The highest BCUT2D eigenvalue weighted by Gasteiger charge is 2.12. The van der Waals surface area contributed by atoms with Gasteiger partial charge in [0, 0.05) is 11.6 Å². The normalized spacial score (nSPS) is 9.96. The molecule has 2 amide bonds. The lowest BCUT2D eigenvalue weighted by Crippen LogP contribution is -2.25. The first kappa shape index (κ1) is 16.8. The number of hydrogen-bond acceptors (Lipinski definition) is 2. The zero-order valence-electron chi connectivity index (χ0n) is 12.5. The first-order valence-corrected chi connectivity index (χ1v) is 7.50. The summed E-state index contributed by atoms with van der Waals surface area (Å²) in [6.45, 7) is 3.92. The number of carbonyl (C=O) groups excluding carboxylic acids is 2. The largest absolute Gasteiger partial charge is 0.349 e. The summed E-state index contributed by atoms with van der Waals surface area (Å²) in [5.74, 6) is -0.455. The monoisotopic (exact) mass is 328 g/mol. The van der Waals surface area contributed by atoms with Gasteiger partial charge in [0.05, 0.1) is 17.7 Å². The minimum Gasteiger partial charge on any atom is -0.349 e. The first-order chi connectivity index (χ1) is 11.1. The van der Waals surface area contributed by atoms with E-state index in [0.717, 1.165) is 5.56 Å². The van der Waals surface area contributed by atoms with Crippen molar-refractivity contribution < 1.29 is 9.59 Å². The molecule has 23 heavy (non-hydrogen) atoms. The molecule has 0 atom stereocenters. The quantitative estimate of drug-likeness (QED) is 0.798. The summed E-state index contributed by atoms with van der Waals surface area (Å²) in [5.41, 5.74) is 1.74. The average Bonchev–Trinajstić information content (AvgIpc) is 2.55. The Labute approximate surface area is 140 Å². The topological polar surface area (TPSA) is 58.2 Å². The molecule has 2 aromatic carbocycles. The Kier molecular flexibility index (Phi) is 5.94. The Morgan fingerprint density at radius 3 is 2.48 bits per heavy atom. The van der Waals surface area contributed by atoms with Gasteiger partial charge in [-0.05, 0) is 29.8 Å². The molecular formula is C18H17ClN2O2. The number of halogens is 1. The molecule has 0 aliphatic heterocycles. The standard InChI is InChI=1S/C18H17ClN2O2/c1-2-11-20-18(23)15-5-3-4-6-16(15)21-17(22)12-13-7-9-14(19)10-8-13/h2-10H,1,11-12H2,(H,20,23)(H,21,22).